The van der Waals surface area contributed by atoms with Crippen molar-refractivity contribution in [2.24, 2.45) is 4.99 Å². The van der Waals surface area contributed by atoms with Gasteiger partial charge in [-0.05, 0) is 66.4 Å². The zero-order chi connectivity index (χ0) is 21.1. The third-order valence-corrected chi connectivity index (χ3v) is 5.05. The van der Waals surface area contributed by atoms with Gasteiger partial charge < -0.3 is 14.5 Å². The van der Waals surface area contributed by atoms with E-state index < -0.39 is 4.92 Å². The molecule has 0 spiro atoms. The average molecular weight is 421 g/mol. The van der Waals surface area contributed by atoms with Crippen molar-refractivity contribution in [3.63, 3.8) is 0 Å². The minimum Gasteiger partial charge on any atom is -0.497 e. The molecule has 1 N–H and O–H groups in total. The molecule has 1 saturated heterocycles. The summed E-state index contributed by atoms with van der Waals surface area (Å²) in [5.74, 6) is 2.25. The molecule has 150 valence electrons. The van der Waals surface area contributed by atoms with E-state index in [9.17, 15) is 14.9 Å². The number of non-ortho nitro benzene ring substituents is 1. The van der Waals surface area contributed by atoms with Crippen LogP contribution in [0.15, 0.2) is 75.0 Å². The summed E-state index contributed by atoms with van der Waals surface area (Å²) >= 11 is 1.03. The van der Waals surface area contributed by atoms with Crippen molar-refractivity contribution in [1.29, 1.82) is 0 Å². The number of carbonyl (C=O) groups excluding carboxylic acids is 1. The molecule has 0 atom stereocenters. The van der Waals surface area contributed by atoms with Gasteiger partial charge in [0.15, 0.2) is 0 Å². The van der Waals surface area contributed by atoms with E-state index in [1.165, 1.54) is 12.1 Å². The van der Waals surface area contributed by atoms with Gasteiger partial charge >= 0.3 is 0 Å². The van der Waals surface area contributed by atoms with E-state index in [4.69, 9.17) is 9.15 Å². The molecule has 0 bridgehead atoms. The fraction of sp³-hybridized carbons (Fsp3) is 0.0476. The highest BCUT2D eigenvalue weighted by atomic mass is 32.2. The molecule has 1 aliphatic heterocycles. The number of ether oxygens (including phenoxy) is 1. The number of rotatable bonds is 5. The quantitative estimate of drug-likeness (QED) is 0.437. The van der Waals surface area contributed by atoms with Crippen LogP contribution in [0, 0.1) is 10.1 Å². The summed E-state index contributed by atoms with van der Waals surface area (Å²) in [6.07, 6.45) is 1.72. The van der Waals surface area contributed by atoms with Crippen LogP contribution in [0.5, 0.6) is 5.75 Å². The van der Waals surface area contributed by atoms with Gasteiger partial charge in [-0.1, -0.05) is 0 Å². The van der Waals surface area contributed by atoms with Crippen molar-refractivity contribution in [2.75, 3.05) is 7.11 Å². The Labute approximate surface area is 175 Å². The van der Waals surface area contributed by atoms with Crippen LogP contribution in [0.4, 0.5) is 16.2 Å². The Morgan fingerprint density at radius 3 is 2.50 bits per heavy atom. The highest BCUT2D eigenvalue weighted by Gasteiger charge is 2.24. The maximum absolute atomic E-state index is 11.9. The molecular weight excluding hydrogens is 406 g/mol. The van der Waals surface area contributed by atoms with Gasteiger partial charge in [0.2, 0.25) is 0 Å². The van der Waals surface area contributed by atoms with Crippen molar-refractivity contribution >= 4 is 40.3 Å². The maximum Gasteiger partial charge on any atom is 0.289 e. The van der Waals surface area contributed by atoms with Gasteiger partial charge in [0.1, 0.15) is 23.1 Å². The van der Waals surface area contributed by atoms with E-state index in [2.05, 4.69) is 10.3 Å². The van der Waals surface area contributed by atoms with Crippen LogP contribution in [0.2, 0.25) is 0 Å². The Morgan fingerprint density at radius 1 is 1.10 bits per heavy atom. The Morgan fingerprint density at radius 2 is 1.83 bits per heavy atom. The number of aliphatic imine (C=N–C) groups is 1. The fourth-order valence-corrected chi connectivity index (χ4v) is 3.48. The number of hydrogen-bond donors (Lipinski definition) is 1. The smallest absolute Gasteiger partial charge is 0.289 e. The fourth-order valence-electron chi connectivity index (χ4n) is 2.76. The molecule has 2 heterocycles. The van der Waals surface area contributed by atoms with Crippen molar-refractivity contribution in [3.05, 3.63) is 81.4 Å². The number of amidine groups is 1. The van der Waals surface area contributed by atoms with E-state index in [-0.39, 0.29) is 10.9 Å². The third kappa shape index (κ3) is 4.26. The van der Waals surface area contributed by atoms with Gasteiger partial charge in [0, 0.05) is 17.7 Å². The number of nitro benzene ring substituents is 1. The normalized spacial score (nSPS) is 16.1. The Balaban J connectivity index is 1.59. The second-order valence-corrected chi connectivity index (χ2v) is 7.20. The average Bonchev–Trinajstić information content (AvgIpc) is 3.35. The summed E-state index contributed by atoms with van der Waals surface area (Å²) in [4.78, 5) is 27.3. The number of nitrogens with zero attached hydrogens (tertiary/aromatic N) is 2. The first-order valence-corrected chi connectivity index (χ1v) is 9.62. The number of hydrogen-bond acceptors (Lipinski definition) is 7. The minimum absolute atomic E-state index is 0.0129. The van der Waals surface area contributed by atoms with Crippen LogP contribution in [0.1, 0.15) is 5.76 Å². The van der Waals surface area contributed by atoms with Gasteiger partial charge in [-0.2, -0.15) is 0 Å². The van der Waals surface area contributed by atoms with Crippen LogP contribution in [0.3, 0.4) is 0 Å². The summed E-state index contributed by atoms with van der Waals surface area (Å²) in [6, 6.07) is 16.8. The van der Waals surface area contributed by atoms with Gasteiger partial charge in [-0.25, -0.2) is 4.99 Å². The summed E-state index contributed by atoms with van der Waals surface area (Å²) in [5.41, 5.74) is 1.40. The molecule has 1 aliphatic rings. The molecule has 3 aromatic rings. The van der Waals surface area contributed by atoms with Crippen LogP contribution >= 0.6 is 11.8 Å². The van der Waals surface area contributed by atoms with E-state index in [0.717, 1.165) is 11.8 Å². The molecule has 1 amide bonds. The zero-order valence-corrected chi connectivity index (χ0v) is 16.5. The lowest BCUT2D eigenvalue weighted by molar-refractivity contribution is -0.384. The van der Waals surface area contributed by atoms with Gasteiger partial charge in [0.25, 0.3) is 10.9 Å². The molecule has 9 heteroatoms. The maximum atomic E-state index is 11.9. The predicted octanol–water partition coefficient (Wildman–Crippen LogP) is 5.39. The van der Waals surface area contributed by atoms with E-state index >= 15 is 0 Å². The highest BCUT2D eigenvalue weighted by molar-refractivity contribution is 8.18. The number of furan rings is 1. The molecule has 0 radical (unpaired) electrons. The minimum atomic E-state index is -0.452. The molecule has 0 aliphatic carbocycles. The summed E-state index contributed by atoms with van der Waals surface area (Å²) in [6.45, 7) is 0. The zero-order valence-electron chi connectivity index (χ0n) is 15.7. The number of carbonyl (C=O) groups is 1. The van der Waals surface area contributed by atoms with E-state index in [1.807, 2.05) is 0 Å². The molecule has 8 nitrogen and oxygen atoms in total. The lowest BCUT2D eigenvalue weighted by Gasteiger charge is -2.01. The topological polar surface area (TPSA) is 107 Å². The van der Waals surface area contributed by atoms with Crippen molar-refractivity contribution < 1.29 is 18.9 Å². The number of thioether (sulfide) groups is 1. The Bertz CT molecular complexity index is 1160. The van der Waals surface area contributed by atoms with Crippen molar-refractivity contribution in [1.82, 2.24) is 5.32 Å². The Hall–Kier alpha value is -3.85. The monoisotopic (exact) mass is 421 g/mol. The number of methoxy groups -OCH3 is 1. The first-order valence-electron chi connectivity index (χ1n) is 8.80. The van der Waals surface area contributed by atoms with Crippen LogP contribution in [0.25, 0.3) is 17.4 Å². The van der Waals surface area contributed by atoms with Crippen molar-refractivity contribution in [2.45, 2.75) is 0 Å². The predicted molar refractivity (Wildman–Crippen MR) is 115 cm³/mol. The first-order chi connectivity index (χ1) is 14.5. The number of nitro groups is 1. The highest BCUT2D eigenvalue weighted by Crippen LogP contribution is 2.31. The number of benzene rings is 2. The van der Waals surface area contributed by atoms with Gasteiger partial charge in [0.05, 0.1) is 22.6 Å². The van der Waals surface area contributed by atoms with Crippen molar-refractivity contribution in [3.8, 4) is 17.1 Å². The molecule has 0 saturated carbocycles. The molecule has 30 heavy (non-hydrogen) atoms. The van der Waals surface area contributed by atoms with E-state index in [0.29, 0.717) is 39.3 Å². The summed E-state index contributed by atoms with van der Waals surface area (Å²) < 4.78 is 11.0. The second kappa shape index (κ2) is 8.26. The van der Waals surface area contributed by atoms with Crippen LogP contribution in [-0.2, 0) is 0 Å². The number of amides is 1. The SMILES string of the molecule is COc1ccc(N=C2NC(=O)SC2=Cc2ccc(-c3ccc([N+](=O)[O-])cc3)o2)cc1. The summed E-state index contributed by atoms with van der Waals surface area (Å²) in [5, 5.41) is 13.3. The standard InChI is InChI=1S/C21H15N3O5S/c1-28-16-8-4-14(5-9-16)22-20-19(30-21(25)23-20)12-17-10-11-18(29-17)13-2-6-15(7-3-13)24(26)27/h2-12H,1H3,(H,22,23,25). The van der Waals surface area contributed by atoms with Crippen LogP contribution < -0.4 is 10.1 Å². The van der Waals surface area contributed by atoms with Gasteiger partial charge in [-0.3, -0.25) is 14.9 Å². The molecule has 0 unspecified atom stereocenters. The molecule has 1 aromatic heterocycles. The van der Waals surface area contributed by atoms with Gasteiger partial charge in [-0.15, -0.1) is 0 Å². The first kappa shape index (κ1) is 19.5. The van der Waals surface area contributed by atoms with E-state index in [1.54, 1.807) is 61.7 Å². The second-order valence-electron chi connectivity index (χ2n) is 6.19. The molecular formula is C21H15N3O5S. The molecule has 4 rings (SSSR count). The number of nitrogens with one attached hydrogen (secondary N) is 1. The lowest BCUT2D eigenvalue weighted by atomic mass is 10.1. The molecule has 1 fully saturated rings. The molecule has 2 aromatic carbocycles. The summed E-state index contributed by atoms with van der Waals surface area (Å²) in [7, 11) is 1.59. The largest absolute Gasteiger partial charge is 0.497 e. The van der Waals surface area contributed by atoms with Crippen LogP contribution in [-0.4, -0.2) is 23.1 Å². The Kier molecular flexibility index (Phi) is 5.36. The third-order valence-electron chi connectivity index (χ3n) is 4.23. The lowest BCUT2D eigenvalue weighted by Crippen LogP contribution is -2.18.